The molecule has 3 heterocycles. The molecule has 188 valence electrons. The molecule has 1 saturated heterocycles. The molecule has 0 bridgehead atoms. The van der Waals surface area contributed by atoms with Gasteiger partial charge in [0.25, 0.3) is 0 Å². The van der Waals surface area contributed by atoms with Gasteiger partial charge in [-0.3, -0.25) is 13.9 Å². The predicted molar refractivity (Wildman–Crippen MR) is 117 cm³/mol. The number of nitrogens with zero attached hydrogens (tertiary/aromatic N) is 4. The van der Waals surface area contributed by atoms with Crippen molar-refractivity contribution in [3.63, 3.8) is 0 Å². The van der Waals surface area contributed by atoms with Gasteiger partial charge in [0.1, 0.15) is 35.8 Å². The van der Waals surface area contributed by atoms with Crippen molar-refractivity contribution in [1.82, 2.24) is 19.5 Å². The Balaban J connectivity index is 1.54. The number of ether oxygens (including phenoxy) is 2. The molecule has 15 nitrogen and oxygen atoms in total. The Morgan fingerprint density at radius 2 is 1.94 bits per heavy atom. The van der Waals surface area contributed by atoms with Gasteiger partial charge in [-0.2, -0.15) is 0 Å². The van der Waals surface area contributed by atoms with Crippen molar-refractivity contribution in [2.24, 2.45) is 5.73 Å². The summed E-state index contributed by atoms with van der Waals surface area (Å²) in [4.78, 5) is 42.9. The fourth-order valence-electron chi connectivity index (χ4n) is 3.65. The van der Waals surface area contributed by atoms with E-state index in [1.165, 1.54) is 29.4 Å². The molecule has 4 rings (SSSR count). The van der Waals surface area contributed by atoms with Gasteiger partial charge in [0.2, 0.25) is 0 Å². The van der Waals surface area contributed by atoms with Gasteiger partial charge in [0.05, 0.1) is 12.9 Å². The number of aromatic hydroxyl groups is 1. The summed E-state index contributed by atoms with van der Waals surface area (Å²) < 4.78 is 28.2. The molecule has 1 aromatic carbocycles. The summed E-state index contributed by atoms with van der Waals surface area (Å²) in [6.07, 6.45) is -2.87. The summed E-state index contributed by atoms with van der Waals surface area (Å²) in [6, 6.07) is 4.90. The summed E-state index contributed by atoms with van der Waals surface area (Å²) in [5, 5.41) is 20.3. The van der Waals surface area contributed by atoms with Crippen LogP contribution in [0.15, 0.2) is 36.9 Å². The van der Waals surface area contributed by atoms with Crippen LogP contribution in [0, 0.1) is 0 Å². The number of carbonyl (C=O) groups excluding carboxylic acids is 1. The largest absolute Gasteiger partial charge is 0.508 e. The Kier molecular flexibility index (Phi) is 7.00. The molecule has 1 aliphatic rings. The van der Waals surface area contributed by atoms with Gasteiger partial charge in [-0.05, 0) is 24.1 Å². The Morgan fingerprint density at radius 1 is 1.23 bits per heavy atom. The molecule has 0 aliphatic carbocycles. The molecule has 3 aromatic rings. The quantitative estimate of drug-likeness (QED) is 0.157. The van der Waals surface area contributed by atoms with E-state index in [4.69, 9.17) is 30.7 Å². The molecule has 1 fully saturated rings. The van der Waals surface area contributed by atoms with Crippen molar-refractivity contribution in [2.45, 2.75) is 37.0 Å². The molecule has 16 heteroatoms. The third kappa shape index (κ3) is 5.57. The van der Waals surface area contributed by atoms with Crippen molar-refractivity contribution < 1.29 is 43.4 Å². The summed E-state index contributed by atoms with van der Waals surface area (Å²) in [6.45, 7) is -0.702. The number of phenols is 1. The number of phenolic OH excluding ortho intramolecular Hbond substituents is 1. The molecular formula is C19H23N6O9P. The first-order valence-corrected chi connectivity index (χ1v) is 11.8. The molecule has 0 spiro atoms. The topological polar surface area (TPSA) is 238 Å². The van der Waals surface area contributed by atoms with Gasteiger partial charge in [-0.25, -0.2) is 19.5 Å². The molecule has 1 aliphatic heterocycles. The normalized spacial score (nSPS) is 23.4. The molecule has 8 N–H and O–H groups in total. The second-order valence-corrected chi connectivity index (χ2v) is 9.04. The first-order valence-electron chi connectivity index (χ1n) is 10.2. The van der Waals surface area contributed by atoms with Crippen molar-refractivity contribution >= 4 is 30.8 Å². The van der Waals surface area contributed by atoms with Crippen molar-refractivity contribution in [3.05, 3.63) is 42.5 Å². The zero-order valence-corrected chi connectivity index (χ0v) is 18.9. The lowest BCUT2D eigenvalue weighted by Crippen LogP contribution is -2.43. The van der Waals surface area contributed by atoms with Gasteiger partial charge < -0.3 is 40.9 Å². The number of rotatable bonds is 8. The highest BCUT2D eigenvalue weighted by Gasteiger charge is 2.48. The second-order valence-electron chi connectivity index (χ2n) is 7.80. The Morgan fingerprint density at radius 3 is 2.63 bits per heavy atom. The first kappa shape index (κ1) is 24.9. The zero-order chi connectivity index (χ0) is 25.3. The molecule has 2 aromatic heterocycles. The number of phosphoric ester groups is 1. The van der Waals surface area contributed by atoms with Crippen molar-refractivity contribution in [1.29, 1.82) is 0 Å². The number of benzene rings is 1. The van der Waals surface area contributed by atoms with Crippen LogP contribution in [0.25, 0.3) is 11.2 Å². The fraction of sp³-hybridized carbons (Fsp3) is 0.368. The van der Waals surface area contributed by atoms with Crippen LogP contribution in [0.4, 0.5) is 5.82 Å². The van der Waals surface area contributed by atoms with Crippen LogP contribution in [0.3, 0.4) is 0 Å². The van der Waals surface area contributed by atoms with Crippen LogP contribution in [0.2, 0.25) is 0 Å². The Hall–Kier alpha value is -3.17. The van der Waals surface area contributed by atoms with Crippen molar-refractivity contribution in [2.75, 3.05) is 12.3 Å². The van der Waals surface area contributed by atoms with Gasteiger partial charge in [-0.1, -0.05) is 12.1 Å². The van der Waals surface area contributed by atoms with E-state index in [0.29, 0.717) is 5.56 Å². The van der Waals surface area contributed by atoms with Gasteiger partial charge in [0.15, 0.2) is 23.8 Å². The van der Waals surface area contributed by atoms with Gasteiger partial charge >= 0.3 is 13.8 Å². The van der Waals surface area contributed by atoms with E-state index in [1.807, 2.05) is 0 Å². The maximum Gasteiger partial charge on any atom is 0.469 e. The molecule has 0 saturated carbocycles. The van der Waals surface area contributed by atoms with E-state index in [9.17, 15) is 19.6 Å². The Labute approximate surface area is 197 Å². The fourth-order valence-corrected chi connectivity index (χ4v) is 3.99. The lowest BCUT2D eigenvalue weighted by molar-refractivity contribution is -0.158. The van der Waals surface area contributed by atoms with E-state index in [1.54, 1.807) is 12.1 Å². The van der Waals surface area contributed by atoms with E-state index < -0.39 is 51.0 Å². The summed E-state index contributed by atoms with van der Waals surface area (Å²) >= 11 is 0. The molecule has 0 amide bonds. The van der Waals surface area contributed by atoms with Crippen LogP contribution in [-0.4, -0.2) is 76.4 Å². The Bertz CT molecular complexity index is 1250. The number of nitrogens with two attached hydrogens (primary N) is 2. The number of carbonyl (C=O) groups is 1. The van der Waals surface area contributed by atoms with Crippen LogP contribution in [0.5, 0.6) is 5.75 Å². The highest BCUT2D eigenvalue weighted by atomic mass is 31.2. The molecule has 5 unspecified atom stereocenters. The average Bonchev–Trinajstić information content (AvgIpc) is 3.35. The monoisotopic (exact) mass is 510 g/mol. The number of aliphatic hydroxyl groups excluding tert-OH is 1. The number of aromatic nitrogens is 4. The molecule has 5 atom stereocenters. The van der Waals surface area contributed by atoms with Crippen LogP contribution in [-0.2, 0) is 29.8 Å². The number of nitrogen functional groups attached to an aromatic ring is 1. The maximum atomic E-state index is 12.7. The summed E-state index contributed by atoms with van der Waals surface area (Å²) in [5.41, 5.74) is 12.9. The van der Waals surface area contributed by atoms with Crippen LogP contribution >= 0.6 is 7.82 Å². The molecular weight excluding hydrogens is 487 g/mol. The van der Waals surface area contributed by atoms with Crippen LogP contribution in [0.1, 0.15) is 11.8 Å². The smallest absolute Gasteiger partial charge is 0.469 e. The zero-order valence-electron chi connectivity index (χ0n) is 18.0. The number of hydrogen-bond acceptors (Lipinski definition) is 12. The van der Waals surface area contributed by atoms with E-state index in [2.05, 4.69) is 19.5 Å². The number of anilines is 1. The standard InChI is InChI=1S/C19H23N6O9P/c20-11(5-9-1-3-10(26)4-2-9)19(28)34-15-12(6-32-35(29,30)31)33-18(14(15)27)25-8-24-13-16(21)22-7-23-17(13)25/h1-4,7-8,11-12,14-15,18,26-27H,5-6,20H2,(H2,21,22,23)(H2,29,30,31). The lowest BCUT2D eigenvalue weighted by atomic mass is 10.1. The number of fused-ring (bicyclic) bond motifs is 1. The maximum absolute atomic E-state index is 12.7. The summed E-state index contributed by atoms with van der Waals surface area (Å²) in [7, 11) is -4.90. The molecule has 0 radical (unpaired) electrons. The number of imidazole rings is 1. The minimum absolute atomic E-state index is 0.0501. The second kappa shape index (κ2) is 9.83. The van der Waals surface area contributed by atoms with Gasteiger partial charge in [0, 0.05) is 0 Å². The third-order valence-electron chi connectivity index (χ3n) is 5.32. The lowest BCUT2D eigenvalue weighted by Gasteiger charge is -2.22. The number of hydrogen-bond donors (Lipinski definition) is 6. The number of phosphoric acid groups is 1. The SMILES string of the molecule is Nc1ncnc2c1ncn2C1OC(COP(=O)(O)O)C(OC(=O)C(N)Cc2ccc(O)cc2)C1O. The summed E-state index contributed by atoms with van der Waals surface area (Å²) in [5.74, 6) is -0.755. The highest BCUT2D eigenvalue weighted by molar-refractivity contribution is 7.46. The van der Waals surface area contributed by atoms with E-state index >= 15 is 0 Å². The van der Waals surface area contributed by atoms with Crippen molar-refractivity contribution in [3.8, 4) is 5.75 Å². The third-order valence-corrected chi connectivity index (χ3v) is 5.81. The van der Waals surface area contributed by atoms with Gasteiger partial charge in [-0.15, -0.1) is 0 Å². The predicted octanol–water partition coefficient (Wildman–Crippen LogP) is -1.04. The van der Waals surface area contributed by atoms with E-state index in [-0.39, 0.29) is 29.2 Å². The highest BCUT2D eigenvalue weighted by Crippen LogP contribution is 2.39. The number of aliphatic hydroxyl groups is 1. The minimum atomic E-state index is -4.90. The number of esters is 1. The van der Waals surface area contributed by atoms with Crippen LogP contribution < -0.4 is 11.5 Å². The first-order chi connectivity index (χ1) is 16.5. The average molecular weight is 510 g/mol. The van der Waals surface area contributed by atoms with E-state index in [0.717, 1.165) is 0 Å². The molecule has 35 heavy (non-hydrogen) atoms. The minimum Gasteiger partial charge on any atom is -0.508 e.